The molecule has 7 nitrogen and oxygen atoms in total. The minimum atomic E-state index is 0.0335. The van der Waals surface area contributed by atoms with Crippen LogP contribution in [0.1, 0.15) is 43.0 Å². The summed E-state index contributed by atoms with van der Waals surface area (Å²) in [5.41, 5.74) is 1.09. The van der Waals surface area contributed by atoms with Crippen molar-refractivity contribution in [2.75, 3.05) is 5.75 Å². The van der Waals surface area contributed by atoms with Crippen molar-refractivity contribution in [1.29, 1.82) is 0 Å². The normalized spacial score (nSPS) is 14.4. The fourth-order valence-corrected chi connectivity index (χ4v) is 4.35. The molecule has 0 spiro atoms. The van der Waals surface area contributed by atoms with Crippen molar-refractivity contribution in [2.24, 2.45) is 0 Å². The average molecular weight is 398 g/mol. The number of tetrazole rings is 1. The maximum atomic E-state index is 13.0. The molecule has 3 aromatic rings. The molecule has 2 heterocycles. The maximum Gasteiger partial charge on any atom is 0.233 e. The molecule has 0 N–H and O–H groups in total. The summed E-state index contributed by atoms with van der Waals surface area (Å²) in [6, 6.07) is 14.1. The van der Waals surface area contributed by atoms with Gasteiger partial charge in [0.1, 0.15) is 5.76 Å². The predicted octanol–water partition coefficient (Wildman–Crippen LogP) is 3.70. The summed E-state index contributed by atoms with van der Waals surface area (Å²) in [5, 5.41) is 12.8. The second-order valence-electron chi connectivity index (χ2n) is 6.95. The van der Waals surface area contributed by atoms with Crippen molar-refractivity contribution in [1.82, 2.24) is 25.1 Å². The van der Waals surface area contributed by atoms with E-state index in [0.717, 1.165) is 29.3 Å². The van der Waals surface area contributed by atoms with E-state index in [1.165, 1.54) is 24.6 Å². The summed E-state index contributed by atoms with van der Waals surface area (Å²) in [6.45, 7) is 0.976. The van der Waals surface area contributed by atoms with Gasteiger partial charge in [-0.3, -0.25) is 4.79 Å². The number of nitrogens with zero attached hydrogens (tertiary/aromatic N) is 5. The Hall–Kier alpha value is -2.61. The lowest BCUT2D eigenvalue weighted by Crippen LogP contribution is -2.31. The number of aromatic nitrogens is 4. The molecule has 0 aliphatic heterocycles. The third kappa shape index (κ3) is 4.62. The van der Waals surface area contributed by atoms with Crippen LogP contribution in [0.4, 0.5) is 0 Å². The molecule has 1 aliphatic rings. The molecule has 1 saturated carbocycles. The van der Waals surface area contributed by atoms with Crippen LogP contribution in [0.5, 0.6) is 0 Å². The predicted molar refractivity (Wildman–Crippen MR) is 105 cm³/mol. The molecule has 2 aromatic heterocycles. The average Bonchev–Trinajstić information content (AvgIpc) is 3.48. The summed E-state index contributed by atoms with van der Waals surface area (Å²) in [6.07, 6.45) is 6.25. The quantitative estimate of drug-likeness (QED) is 0.540. The zero-order valence-corrected chi connectivity index (χ0v) is 16.4. The molecule has 0 saturated heterocycles. The molecule has 1 aromatic carbocycles. The van der Waals surface area contributed by atoms with E-state index < -0.39 is 0 Å². The van der Waals surface area contributed by atoms with Crippen LogP contribution in [0.2, 0.25) is 0 Å². The fraction of sp³-hybridized carbons (Fsp3) is 0.400. The smallest absolute Gasteiger partial charge is 0.233 e. The first-order valence-electron chi connectivity index (χ1n) is 9.54. The van der Waals surface area contributed by atoms with E-state index >= 15 is 0 Å². The largest absolute Gasteiger partial charge is 0.467 e. The third-order valence-electron chi connectivity index (χ3n) is 4.95. The van der Waals surface area contributed by atoms with Gasteiger partial charge in [-0.15, -0.1) is 5.10 Å². The van der Waals surface area contributed by atoms with Crippen LogP contribution in [-0.4, -0.2) is 36.8 Å². The Labute approximate surface area is 168 Å². The van der Waals surface area contributed by atoms with Crippen molar-refractivity contribution in [2.45, 2.75) is 50.0 Å². The highest BCUT2D eigenvalue weighted by Crippen LogP contribution is 2.31. The Kier molecular flexibility index (Phi) is 6.06. The number of rotatable bonds is 8. The van der Waals surface area contributed by atoms with Crippen LogP contribution < -0.4 is 0 Å². The van der Waals surface area contributed by atoms with Gasteiger partial charge in [-0.05, 0) is 41.0 Å². The number of benzene rings is 1. The van der Waals surface area contributed by atoms with E-state index in [1.54, 1.807) is 6.26 Å². The summed E-state index contributed by atoms with van der Waals surface area (Å²) in [7, 11) is 0. The second kappa shape index (κ2) is 9.05. The van der Waals surface area contributed by atoms with Gasteiger partial charge in [-0.1, -0.05) is 54.9 Å². The first-order valence-corrected chi connectivity index (χ1v) is 10.5. The van der Waals surface area contributed by atoms with Crippen LogP contribution in [0.3, 0.4) is 0 Å². The van der Waals surface area contributed by atoms with E-state index in [4.69, 9.17) is 4.42 Å². The SMILES string of the molecule is O=C(CSc1nnnn1C1CCCC1)N(Cc1ccccc1)Cc1ccco1. The third-order valence-corrected chi connectivity index (χ3v) is 5.87. The minimum Gasteiger partial charge on any atom is -0.467 e. The monoisotopic (exact) mass is 397 g/mol. The molecular weight excluding hydrogens is 374 g/mol. The topological polar surface area (TPSA) is 77.1 Å². The van der Waals surface area contributed by atoms with Crippen molar-refractivity contribution >= 4 is 17.7 Å². The molecular formula is C20H23N5O2S. The number of carbonyl (C=O) groups is 1. The van der Waals surface area contributed by atoms with E-state index in [9.17, 15) is 4.79 Å². The molecule has 0 atom stereocenters. The van der Waals surface area contributed by atoms with Crippen LogP contribution >= 0.6 is 11.8 Å². The van der Waals surface area contributed by atoms with Crippen LogP contribution in [0.15, 0.2) is 58.3 Å². The molecule has 1 aliphatic carbocycles. The molecule has 4 rings (SSSR count). The zero-order valence-electron chi connectivity index (χ0n) is 15.6. The molecule has 1 amide bonds. The van der Waals surface area contributed by atoms with Gasteiger partial charge in [-0.25, -0.2) is 4.68 Å². The molecule has 0 radical (unpaired) electrons. The summed E-state index contributed by atoms with van der Waals surface area (Å²) >= 11 is 1.41. The Morgan fingerprint density at radius 3 is 2.71 bits per heavy atom. The first-order chi connectivity index (χ1) is 13.8. The highest BCUT2D eigenvalue weighted by atomic mass is 32.2. The standard InChI is InChI=1S/C20H23N5O2S/c26-19(15-28-20-21-22-23-25(20)17-9-4-5-10-17)24(14-18-11-6-12-27-18)13-16-7-2-1-3-8-16/h1-3,6-8,11-12,17H,4-5,9-10,13-15H2. The Morgan fingerprint density at radius 1 is 1.14 bits per heavy atom. The van der Waals surface area contributed by atoms with Crippen molar-refractivity contribution < 1.29 is 9.21 Å². The van der Waals surface area contributed by atoms with Gasteiger partial charge in [0, 0.05) is 6.54 Å². The first kappa shape index (κ1) is 18.7. The van der Waals surface area contributed by atoms with Gasteiger partial charge in [-0.2, -0.15) is 0 Å². The van der Waals surface area contributed by atoms with E-state index in [0.29, 0.717) is 24.9 Å². The lowest BCUT2D eigenvalue weighted by atomic mass is 10.2. The van der Waals surface area contributed by atoms with Gasteiger partial charge < -0.3 is 9.32 Å². The van der Waals surface area contributed by atoms with E-state index in [1.807, 2.05) is 52.0 Å². The number of hydrogen-bond donors (Lipinski definition) is 0. The van der Waals surface area contributed by atoms with Gasteiger partial charge in [0.25, 0.3) is 0 Å². The van der Waals surface area contributed by atoms with Crippen LogP contribution in [-0.2, 0) is 17.9 Å². The minimum absolute atomic E-state index is 0.0335. The summed E-state index contributed by atoms with van der Waals surface area (Å²) < 4.78 is 7.34. The van der Waals surface area contributed by atoms with E-state index in [2.05, 4.69) is 15.5 Å². The van der Waals surface area contributed by atoms with Crippen molar-refractivity contribution in [3.05, 3.63) is 60.1 Å². The number of furan rings is 1. The van der Waals surface area contributed by atoms with Gasteiger partial charge in [0.15, 0.2) is 0 Å². The number of carbonyl (C=O) groups excluding carboxylic acids is 1. The summed E-state index contributed by atoms with van der Waals surface area (Å²) in [4.78, 5) is 14.8. The highest BCUT2D eigenvalue weighted by molar-refractivity contribution is 7.99. The van der Waals surface area contributed by atoms with E-state index in [-0.39, 0.29) is 5.91 Å². The van der Waals surface area contributed by atoms with Crippen molar-refractivity contribution in [3.63, 3.8) is 0 Å². The van der Waals surface area contributed by atoms with Gasteiger partial charge >= 0.3 is 0 Å². The Morgan fingerprint density at radius 2 is 1.96 bits per heavy atom. The van der Waals surface area contributed by atoms with Crippen LogP contribution in [0.25, 0.3) is 0 Å². The lowest BCUT2D eigenvalue weighted by molar-refractivity contribution is -0.129. The second-order valence-corrected chi connectivity index (χ2v) is 7.89. The summed E-state index contributed by atoms with van der Waals surface area (Å²) in [5.74, 6) is 1.09. The Balaban J connectivity index is 1.42. The molecule has 146 valence electrons. The number of hydrogen-bond acceptors (Lipinski definition) is 6. The maximum absolute atomic E-state index is 13.0. The lowest BCUT2D eigenvalue weighted by Gasteiger charge is -2.22. The van der Waals surface area contributed by atoms with Crippen molar-refractivity contribution in [3.8, 4) is 0 Å². The van der Waals surface area contributed by atoms with Gasteiger partial charge in [0.2, 0.25) is 11.1 Å². The van der Waals surface area contributed by atoms with Gasteiger partial charge in [0.05, 0.1) is 24.6 Å². The molecule has 28 heavy (non-hydrogen) atoms. The molecule has 8 heteroatoms. The number of amides is 1. The molecule has 0 unspecified atom stereocenters. The molecule has 1 fully saturated rings. The fourth-order valence-electron chi connectivity index (χ4n) is 3.50. The van der Waals surface area contributed by atoms with Crippen LogP contribution in [0, 0.1) is 0 Å². The highest BCUT2D eigenvalue weighted by Gasteiger charge is 2.23. The number of thioether (sulfide) groups is 1. The zero-order chi connectivity index (χ0) is 19.2. The molecule has 0 bridgehead atoms. The Bertz CT molecular complexity index is 875.